The number of fused-ring (bicyclic) bond motifs is 1. The summed E-state index contributed by atoms with van der Waals surface area (Å²) in [7, 11) is -1.47. The molecule has 2 heterocycles. The van der Waals surface area contributed by atoms with E-state index >= 15 is 0 Å². The van der Waals surface area contributed by atoms with E-state index in [4.69, 9.17) is 5.11 Å². The van der Waals surface area contributed by atoms with Crippen molar-refractivity contribution in [2.45, 2.75) is 50.6 Å². The van der Waals surface area contributed by atoms with E-state index in [0.29, 0.717) is 38.8 Å². The molecule has 1 saturated heterocycles. The van der Waals surface area contributed by atoms with Gasteiger partial charge in [-0.1, -0.05) is 6.07 Å². The predicted molar refractivity (Wildman–Crippen MR) is 126 cm³/mol. The van der Waals surface area contributed by atoms with Gasteiger partial charge in [0.25, 0.3) is 0 Å². The van der Waals surface area contributed by atoms with Crippen LogP contribution < -0.4 is 4.90 Å². The molecule has 4 rings (SSSR count). The summed E-state index contributed by atoms with van der Waals surface area (Å²) in [5, 5.41) is 9.11. The Kier molecular flexibility index (Phi) is 6.97. The van der Waals surface area contributed by atoms with Gasteiger partial charge in [-0.15, -0.1) is 0 Å². The highest BCUT2D eigenvalue weighted by atomic mass is 32.2. The molecule has 1 N–H and O–H groups in total. The van der Waals surface area contributed by atoms with Gasteiger partial charge in [-0.3, -0.25) is 9.69 Å². The topological polar surface area (TPSA) is 101 Å². The monoisotopic (exact) mass is 478 g/mol. The van der Waals surface area contributed by atoms with Crippen LogP contribution in [0.2, 0.25) is 0 Å². The Morgan fingerprint density at radius 2 is 1.73 bits per heavy atom. The zero-order valence-electron chi connectivity index (χ0n) is 19.4. The van der Waals surface area contributed by atoms with E-state index in [2.05, 4.69) is 30.1 Å². The molecule has 0 aromatic heterocycles. The zero-order valence-corrected chi connectivity index (χ0v) is 20.3. The Balaban J connectivity index is 1.40. The molecular formula is C23H34N4O5S. The highest BCUT2D eigenvalue weighted by molar-refractivity contribution is 7.88. The van der Waals surface area contributed by atoms with E-state index in [-0.39, 0.29) is 18.1 Å². The number of anilines is 1. The molecule has 3 aliphatic rings. The Hall–Kier alpha value is -2.17. The number of aliphatic carboxylic acids is 1. The van der Waals surface area contributed by atoms with Crippen molar-refractivity contribution < 1.29 is 23.1 Å². The number of sulfonamides is 1. The number of hydrogen-bond donors (Lipinski definition) is 1. The van der Waals surface area contributed by atoms with Crippen molar-refractivity contribution in [3.8, 4) is 0 Å². The van der Waals surface area contributed by atoms with Gasteiger partial charge in [-0.2, -0.15) is 4.31 Å². The quantitative estimate of drug-likeness (QED) is 0.667. The Bertz CT molecular complexity index is 1010. The molecule has 0 bridgehead atoms. The Labute approximate surface area is 196 Å². The maximum Gasteiger partial charge on any atom is 0.324 e. The number of likely N-dealkylation sites (N-methyl/N-ethyl adjacent to an activating group) is 1. The summed E-state index contributed by atoms with van der Waals surface area (Å²) in [5.74, 6) is -1.15. The molecule has 1 saturated carbocycles. The molecule has 1 aliphatic carbocycles. The van der Waals surface area contributed by atoms with Crippen molar-refractivity contribution in [1.82, 2.24) is 14.1 Å². The van der Waals surface area contributed by atoms with E-state index in [0.717, 1.165) is 42.2 Å². The standard InChI is InChI=1S/C23H34N4O5S/c1-24-11-9-17-3-4-21(15-18(17)10-12-24)26-14-13-25(23(26)30)19-5-7-20(8-6-19)27(16-22(28)29)33(2,31)32/h3-4,15,19-20H,5-14,16H2,1-2H3,(H,28,29)/t19-,20-. The fourth-order valence-corrected chi connectivity index (χ4v) is 6.53. The third kappa shape index (κ3) is 5.33. The van der Waals surface area contributed by atoms with Crippen LogP contribution in [0.25, 0.3) is 0 Å². The largest absolute Gasteiger partial charge is 0.480 e. The van der Waals surface area contributed by atoms with Crippen molar-refractivity contribution in [3.63, 3.8) is 0 Å². The van der Waals surface area contributed by atoms with Crippen LogP contribution in [0.4, 0.5) is 10.5 Å². The first-order valence-electron chi connectivity index (χ1n) is 11.7. The summed E-state index contributed by atoms with van der Waals surface area (Å²) < 4.78 is 25.3. The fraction of sp³-hybridized carbons (Fsp3) is 0.652. The highest BCUT2D eigenvalue weighted by Gasteiger charge is 2.39. The van der Waals surface area contributed by atoms with Crippen molar-refractivity contribution >= 4 is 27.7 Å². The number of rotatable bonds is 6. The van der Waals surface area contributed by atoms with Gasteiger partial charge in [0.15, 0.2) is 0 Å². The maximum atomic E-state index is 13.3. The molecule has 182 valence electrons. The molecule has 0 atom stereocenters. The molecule has 10 heteroatoms. The van der Waals surface area contributed by atoms with Crippen molar-refractivity contribution in [2.24, 2.45) is 0 Å². The number of amides is 2. The van der Waals surface area contributed by atoms with Crippen LogP contribution in [-0.4, -0.2) is 97.7 Å². The molecule has 0 spiro atoms. The number of carboxylic acid groups (broad SMARTS) is 1. The molecule has 0 unspecified atom stereocenters. The lowest BCUT2D eigenvalue weighted by Crippen LogP contribution is -2.48. The average Bonchev–Trinajstić information content (AvgIpc) is 3.04. The molecule has 0 radical (unpaired) electrons. The van der Waals surface area contributed by atoms with Gasteiger partial charge < -0.3 is 14.9 Å². The summed E-state index contributed by atoms with van der Waals surface area (Å²) in [4.78, 5) is 30.5. The van der Waals surface area contributed by atoms with Crippen LogP contribution in [-0.2, 0) is 27.7 Å². The first-order chi connectivity index (χ1) is 15.6. The smallest absolute Gasteiger partial charge is 0.324 e. The molecule has 33 heavy (non-hydrogen) atoms. The van der Waals surface area contributed by atoms with Crippen LogP contribution in [0.15, 0.2) is 18.2 Å². The third-order valence-corrected chi connectivity index (χ3v) is 8.58. The van der Waals surface area contributed by atoms with Gasteiger partial charge in [0.1, 0.15) is 6.54 Å². The van der Waals surface area contributed by atoms with E-state index in [9.17, 15) is 18.0 Å². The van der Waals surface area contributed by atoms with Gasteiger partial charge in [0, 0.05) is 44.0 Å². The Morgan fingerprint density at radius 1 is 1.06 bits per heavy atom. The second-order valence-electron chi connectivity index (χ2n) is 9.55. The SMILES string of the molecule is CN1CCc2ccc(N3CCN([C@H]4CC[C@H](N(CC(=O)O)S(C)(=O)=O)CC4)C3=O)cc2CC1. The number of carbonyl (C=O) groups excluding carboxylic acids is 1. The van der Waals surface area contributed by atoms with Crippen LogP contribution >= 0.6 is 0 Å². The fourth-order valence-electron chi connectivity index (χ4n) is 5.43. The lowest BCUT2D eigenvalue weighted by Gasteiger charge is -2.37. The van der Waals surface area contributed by atoms with Gasteiger partial charge >= 0.3 is 12.0 Å². The lowest BCUT2D eigenvalue weighted by molar-refractivity contribution is -0.137. The summed E-state index contributed by atoms with van der Waals surface area (Å²) in [6.45, 7) is 2.85. The number of nitrogens with zero attached hydrogens (tertiary/aromatic N) is 4. The third-order valence-electron chi connectivity index (χ3n) is 7.30. The number of urea groups is 1. The first kappa shape index (κ1) is 24.0. The highest BCUT2D eigenvalue weighted by Crippen LogP contribution is 2.32. The van der Waals surface area contributed by atoms with Crippen LogP contribution in [0, 0.1) is 0 Å². The zero-order chi connectivity index (χ0) is 23.8. The van der Waals surface area contributed by atoms with Crippen LogP contribution in [0.5, 0.6) is 0 Å². The average molecular weight is 479 g/mol. The van der Waals surface area contributed by atoms with Crippen molar-refractivity contribution in [1.29, 1.82) is 0 Å². The number of hydrogen-bond acceptors (Lipinski definition) is 5. The minimum Gasteiger partial charge on any atom is -0.480 e. The second kappa shape index (κ2) is 9.60. The van der Waals surface area contributed by atoms with E-state index in [1.54, 1.807) is 0 Å². The van der Waals surface area contributed by atoms with Gasteiger partial charge in [-0.25, -0.2) is 13.2 Å². The van der Waals surface area contributed by atoms with Gasteiger partial charge in [0.05, 0.1) is 6.26 Å². The molecule has 1 aromatic carbocycles. The molecule has 2 aliphatic heterocycles. The predicted octanol–water partition coefficient (Wildman–Crippen LogP) is 1.62. The maximum absolute atomic E-state index is 13.3. The van der Waals surface area contributed by atoms with Crippen LogP contribution in [0.3, 0.4) is 0 Å². The minimum absolute atomic E-state index is 0.00893. The second-order valence-corrected chi connectivity index (χ2v) is 11.5. The van der Waals surface area contributed by atoms with E-state index < -0.39 is 22.5 Å². The number of carbonyl (C=O) groups is 2. The minimum atomic E-state index is -3.60. The summed E-state index contributed by atoms with van der Waals surface area (Å²) in [6.07, 6.45) is 5.54. The summed E-state index contributed by atoms with van der Waals surface area (Å²) in [6, 6.07) is 6.12. The molecule has 2 amide bonds. The van der Waals surface area contributed by atoms with E-state index in [1.807, 2.05) is 9.80 Å². The van der Waals surface area contributed by atoms with Crippen LogP contribution in [0.1, 0.15) is 36.8 Å². The number of carboxylic acids is 1. The van der Waals surface area contributed by atoms with Gasteiger partial charge in [0.2, 0.25) is 10.0 Å². The lowest BCUT2D eigenvalue weighted by atomic mass is 9.90. The summed E-state index contributed by atoms with van der Waals surface area (Å²) >= 11 is 0. The number of benzene rings is 1. The molecule has 9 nitrogen and oxygen atoms in total. The normalized spacial score (nSPS) is 24.8. The molecule has 2 fully saturated rings. The van der Waals surface area contributed by atoms with E-state index in [1.165, 1.54) is 11.1 Å². The first-order valence-corrected chi connectivity index (χ1v) is 13.6. The summed E-state index contributed by atoms with van der Waals surface area (Å²) in [5.41, 5.74) is 3.63. The van der Waals surface area contributed by atoms with Crippen molar-refractivity contribution in [2.75, 3.05) is 50.9 Å². The van der Waals surface area contributed by atoms with Crippen molar-refractivity contribution in [3.05, 3.63) is 29.3 Å². The Morgan fingerprint density at radius 3 is 2.36 bits per heavy atom. The molecule has 1 aromatic rings. The molecular weight excluding hydrogens is 444 g/mol. The van der Waals surface area contributed by atoms with Gasteiger partial charge in [-0.05, 0) is 68.8 Å².